The maximum absolute atomic E-state index is 15.2. The van der Waals surface area contributed by atoms with Gasteiger partial charge in [-0.2, -0.15) is 0 Å². The number of benzene rings is 1. The van der Waals surface area contributed by atoms with Crippen LogP contribution in [0.3, 0.4) is 0 Å². The van der Waals surface area contributed by atoms with E-state index in [1.165, 1.54) is 30.0 Å². The number of carbonyl (C=O) groups excluding carboxylic acids is 1. The van der Waals surface area contributed by atoms with Crippen LogP contribution in [0.15, 0.2) is 53.9 Å². The molecule has 4 heterocycles. The van der Waals surface area contributed by atoms with E-state index in [1.54, 1.807) is 6.07 Å². The van der Waals surface area contributed by atoms with E-state index in [-0.39, 0.29) is 24.0 Å². The van der Waals surface area contributed by atoms with E-state index in [0.717, 1.165) is 24.7 Å². The van der Waals surface area contributed by atoms with E-state index in [4.69, 9.17) is 5.73 Å². The molecule has 2 atom stereocenters. The molecule has 0 saturated carbocycles. The van der Waals surface area contributed by atoms with E-state index < -0.39 is 28.1 Å². The van der Waals surface area contributed by atoms with Gasteiger partial charge in [-0.15, -0.1) is 12.4 Å². The molecule has 3 N–H and O–H groups in total. The largest absolute Gasteiger partial charge is 0.379 e. The highest BCUT2D eigenvalue weighted by molar-refractivity contribution is 8.14. The van der Waals surface area contributed by atoms with Crippen LogP contribution in [0.4, 0.5) is 24.8 Å². The summed E-state index contributed by atoms with van der Waals surface area (Å²) in [4.78, 5) is 30.6. The van der Waals surface area contributed by atoms with Crippen molar-refractivity contribution < 1.29 is 18.0 Å². The number of thioether (sulfide) groups is 1. The Morgan fingerprint density at radius 2 is 1.83 bits per heavy atom. The van der Waals surface area contributed by atoms with Crippen molar-refractivity contribution in [1.82, 2.24) is 15.0 Å². The maximum Gasteiger partial charge on any atom is 0.274 e. The lowest BCUT2D eigenvalue weighted by atomic mass is 9.87. The third-order valence-electron chi connectivity index (χ3n) is 5.81. The number of aliphatic imine (C=N–C) groups is 1. The van der Waals surface area contributed by atoms with Crippen molar-refractivity contribution in [2.75, 3.05) is 29.9 Å². The molecule has 13 heteroatoms. The molecule has 3 aromatic rings. The summed E-state index contributed by atoms with van der Waals surface area (Å²) in [5.41, 5.74) is 6.77. The number of amidine groups is 1. The molecule has 2 aliphatic heterocycles. The molecular formula is C22H19ClF3N7OS. The highest BCUT2D eigenvalue weighted by atomic mass is 35.5. The van der Waals surface area contributed by atoms with E-state index in [1.807, 2.05) is 4.90 Å². The standard InChI is InChI=1S/C22H18F3N7OS.ClH/c23-13-1-4-18(27-7-13)19(33)31-15-2-3-17(25)16(5-15)22-11-32(21-29-8-14(24)9-30-21)10-12(22)6-28-20(26)34-22;/h1-5,7-9,12H,6,10-11H2,(H2,26,28)(H,31,33);1H/t12-,22-;/m0./s1. The van der Waals surface area contributed by atoms with Crippen LogP contribution in [0, 0.1) is 23.4 Å². The molecule has 2 aromatic heterocycles. The number of nitrogens with two attached hydrogens (primary N) is 1. The summed E-state index contributed by atoms with van der Waals surface area (Å²) in [6.07, 6.45) is 3.10. The van der Waals surface area contributed by atoms with Crippen LogP contribution in [0.25, 0.3) is 0 Å². The molecule has 5 rings (SSSR count). The van der Waals surface area contributed by atoms with Gasteiger partial charge in [-0.3, -0.25) is 9.79 Å². The number of nitrogens with zero attached hydrogens (tertiary/aromatic N) is 5. The first-order valence-electron chi connectivity index (χ1n) is 10.3. The van der Waals surface area contributed by atoms with Gasteiger partial charge in [0.1, 0.15) is 17.3 Å². The second-order valence-corrected chi connectivity index (χ2v) is 9.31. The van der Waals surface area contributed by atoms with Crippen molar-refractivity contribution in [3.63, 3.8) is 0 Å². The number of pyridine rings is 1. The number of hydrogen-bond donors (Lipinski definition) is 2. The summed E-state index contributed by atoms with van der Waals surface area (Å²) in [5.74, 6) is -1.96. The average Bonchev–Trinajstić information content (AvgIpc) is 3.20. The van der Waals surface area contributed by atoms with E-state index in [9.17, 15) is 13.6 Å². The molecule has 1 amide bonds. The van der Waals surface area contributed by atoms with Gasteiger partial charge in [-0.1, -0.05) is 11.8 Å². The lowest BCUT2D eigenvalue weighted by molar-refractivity contribution is 0.102. The molecule has 35 heavy (non-hydrogen) atoms. The zero-order chi connectivity index (χ0) is 23.9. The summed E-state index contributed by atoms with van der Waals surface area (Å²) >= 11 is 1.25. The second kappa shape index (κ2) is 9.70. The Morgan fingerprint density at radius 3 is 2.54 bits per heavy atom. The number of aromatic nitrogens is 3. The molecule has 0 unspecified atom stereocenters. The van der Waals surface area contributed by atoms with Crippen LogP contribution in [0.5, 0.6) is 0 Å². The van der Waals surface area contributed by atoms with Crippen molar-refractivity contribution in [1.29, 1.82) is 0 Å². The topological polar surface area (TPSA) is 109 Å². The summed E-state index contributed by atoms with van der Waals surface area (Å²) in [6, 6.07) is 6.66. The quantitative estimate of drug-likeness (QED) is 0.542. The summed E-state index contributed by atoms with van der Waals surface area (Å²) in [7, 11) is 0. The van der Waals surface area contributed by atoms with Gasteiger partial charge in [0.2, 0.25) is 5.95 Å². The van der Waals surface area contributed by atoms with Crippen molar-refractivity contribution in [3.05, 3.63) is 77.6 Å². The third kappa shape index (κ3) is 4.76. The average molecular weight is 522 g/mol. The Hall–Kier alpha value is -3.38. The number of nitrogens with one attached hydrogen (secondary N) is 1. The molecule has 1 aromatic carbocycles. The first kappa shape index (κ1) is 24.7. The highest BCUT2D eigenvalue weighted by Crippen LogP contribution is 2.52. The van der Waals surface area contributed by atoms with Crippen LogP contribution in [-0.2, 0) is 4.75 Å². The molecule has 0 radical (unpaired) electrons. The summed E-state index contributed by atoms with van der Waals surface area (Å²) in [6.45, 7) is 1.13. The minimum Gasteiger partial charge on any atom is -0.379 e. The van der Waals surface area contributed by atoms with Gasteiger partial charge < -0.3 is 16.0 Å². The van der Waals surface area contributed by atoms with Gasteiger partial charge in [0.05, 0.1) is 23.3 Å². The molecule has 0 aliphatic carbocycles. The van der Waals surface area contributed by atoms with Crippen LogP contribution >= 0.6 is 24.2 Å². The first-order chi connectivity index (χ1) is 16.3. The number of hydrogen-bond acceptors (Lipinski definition) is 8. The van der Waals surface area contributed by atoms with Crippen molar-refractivity contribution >= 4 is 46.9 Å². The Labute approximate surface area is 208 Å². The lowest BCUT2D eigenvalue weighted by Crippen LogP contribution is -2.40. The minimum absolute atomic E-state index is 0. The van der Waals surface area contributed by atoms with Crippen molar-refractivity contribution in [3.8, 4) is 0 Å². The fourth-order valence-corrected chi connectivity index (χ4v) is 5.56. The van der Waals surface area contributed by atoms with Gasteiger partial charge in [0, 0.05) is 36.8 Å². The Balaban J connectivity index is 0.00000289. The second-order valence-electron chi connectivity index (χ2n) is 7.96. The molecule has 0 bridgehead atoms. The number of fused-ring (bicyclic) bond motifs is 1. The molecule has 182 valence electrons. The van der Waals surface area contributed by atoms with Crippen molar-refractivity contribution in [2.45, 2.75) is 4.75 Å². The smallest absolute Gasteiger partial charge is 0.274 e. The Bertz CT molecular complexity index is 1280. The van der Waals surface area contributed by atoms with Gasteiger partial charge in [0.15, 0.2) is 11.0 Å². The van der Waals surface area contributed by atoms with Gasteiger partial charge in [0.25, 0.3) is 5.91 Å². The number of halogens is 4. The molecular weight excluding hydrogens is 503 g/mol. The van der Waals surface area contributed by atoms with Crippen LogP contribution in [0.1, 0.15) is 16.1 Å². The highest BCUT2D eigenvalue weighted by Gasteiger charge is 2.52. The van der Waals surface area contributed by atoms with E-state index in [2.05, 4.69) is 25.3 Å². The monoisotopic (exact) mass is 521 g/mol. The number of carbonyl (C=O) groups is 1. The van der Waals surface area contributed by atoms with Crippen LogP contribution < -0.4 is 16.0 Å². The van der Waals surface area contributed by atoms with Gasteiger partial charge in [-0.05, 0) is 30.3 Å². The van der Waals surface area contributed by atoms with E-state index >= 15 is 4.39 Å². The number of amides is 1. The summed E-state index contributed by atoms with van der Waals surface area (Å²) in [5, 5.41) is 3.00. The minimum atomic E-state index is -0.831. The Kier molecular flexibility index (Phi) is 6.86. The predicted molar refractivity (Wildman–Crippen MR) is 129 cm³/mol. The zero-order valence-corrected chi connectivity index (χ0v) is 19.6. The fraction of sp³-hybridized carbons (Fsp3) is 0.227. The maximum atomic E-state index is 15.2. The molecule has 0 spiro atoms. The number of anilines is 2. The normalized spacial score (nSPS) is 21.1. The number of rotatable bonds is 4. The van der Waals surface area contributed by atoms with Crippen LogP contribution in [-0.4, -0.2) is 45.7 Å². The van der Waals surface area contributed by atoms with Crippen LogP contribution in [0.2, 0.25) is 0 Å². The van der Waals surface area contributed by atoms with Crippen molar-refractivity contribution in [2.24, 2.45) is 16.6 Å². The molecule has 1 fully saturated rings. The fourth-order valence-electron chi connectivity index (χ4n) is 4.24. The molecule has 2 aliphatic rings. The zero-order valence-electron chi connectivity index (χ0n) is 18.0. The van der Waals surface area contributed by atoms with Gasteiger partial charge >= 0.3 is 0 Å². The third-order valence-corrected chi connectivity index (χ3v) is 7.19. The Morgan fingerprint density at radius 1 is 1.09 bits per heavy atom. The first-order valence-corrected chi connectivity index (χ1v) is 11.1. The predicted octanol–water partition coefficient (Wildman–Crippen LogP) is 3.36. The molecule has 1 saturated heterocycles. The van der Waals surface area contributed by atoms with E-state index in [0.29, 0.717) is 42.0 Å². The lowest BCUT2D eigenvalue weighted by Gasteiger charge is -2.36. The van der Waals surface area contributed by atoms with Gasteiger partial charge in [-0.25, -0.2) is 28.1 Å². The SMILES string of the molecule is Cl.NC1=NC[C@H]2CN(c3ncc(F)cn3)C[C@]2(c2cc(NC(=O)c3ccc(F)cn3)ccc2F)S1. The summed E-state index contributed by atoms with van der Waals surface area (Å²) < 4.78 is 40.8. The molecule has 8 nitrogen and oxygen atoms in total.